The first-order valence-corrected chi connectivity index (χ1v) is 26.2. The molecule has 0 amide bonds. The van der Waals surface area contributed by atoms with Crippen LogP contribution in [0.15, 0.2) is 36.4 Å². The van der Waals surface area contributed by atoms with Gasteiger partial charge in [-0.25, -0.2) is 0 Å². The zero-order valence-corrected chi connectivity index (χ0v) is 44.5. The van der Waals surface area contributed by atoms with Crippen LogP contribution in [-0.2, 0) is 19.1 Å². The molecule has 0 unspecified atom stereocenters. The Balaban J connectivity index is 1.27. The Morgan fingerprint density at radius 3 is 0.963 bits per heavy atom. The fraction of sp³-hybridized carbons (Fsp3) is 0.619. The van der Waals surface area contributed by atoms with Crippen molar-refractivity contribution >= 4 is 147 Å². The Hall–Kier alpha value is 1.10. The zero-order valence-electron chi connectivity index (χ0n) is 31.6. The SMILES string of the molecule is O=C(CCCCCCCCCCCCCCOc1c(I)cc(I)cc1I)OC/C=C\COC(=O)CCCCCCCCCCOc1c(I)cc(I)cc1I. The van der Waals surface area contributed by atoms with Crippen molar-refractivity contribution in [2.45, 2.75) is 141 Å². The maximum Gasteiger partial charge on any atom is 0.306 e. The molecule has 2 rings (SSSR count). The van der Waals surface area contributed by atoms with E-state index < -0.39 is 0 Å². The van der Waals surface area contributed by atoms with Crippen LogP contribution in [0.3, 0.4) is 0 Å². The number of carbonyl (C=O) groups is 2. The molecule has 0 aliphatic rings. The van der Waals surface area contributed by atoms with E-state index in [4.69, 9.17) is 18.9 Å². The second-order valence-electron chi connectivity index (χ2n) is 13.5. The summed E-state index contributed by atoms with van der Waals surface area (Å²) in [5.74, 6) is 1.73. The smallest absolute Gasteiger partial charge is 0.306 e. The van der Waals surface area contributed by atoms with Crippen LogP contribution in [0.5, 0.6) is 11.5 Å². The Bertz CT molecular complexity index is 1320. The molecule has 0 heterocycles. The zero-order chi connectivity index (χ0) is 39.2. The van der Waals surface area contributed by atoms with Crippen molar-refractivity contribution in [3.63, 3.8) is 0 Å². The van der Waals surface area contributed by atoms with E-state index in [0.29, 0.717) is 12.8 Å². The number of hydrogen-bond donors (Lipinski definition) is 0. The molecule has 2 aromatic carbocycles. The molecular formula is C42H58I6O6. The second-order valence-corrected chi connectivity index (χ2v) is 20.6. The molecule has 2 aromatic rings. The number of carbonyl (C=O) groups excluding carboxylic acids is 2. The van der Waals surface area contributed by atoms with Gasteiger partial charge >= 0.3 is 11.9 Å². The highest BCUT2D eigenvalue weighted by atomic mass is 127. The molecule has 0 bridgehead atoms. The summed E-state index contributed by atoms with van der Waals surface area (Å²) in [4.78, 5) is 24.0. The Kier molecular flexibility index (Phi) is 32.1. The highest BCUT2D eigenvalue weighted by Gasteiger charge is 2.09. The fourth-order valence-corrected chi connectivity index (χ4v) is 13.6. The third-order valence-corrected chi connectivity index (χ3v) is 13.3. The summed E-state index contributed by atoms with van der Waals surface area (Å²) in [6.07, 6.45) is 28.0. The first-order chi connectivity index (χ1) is 26.2. The van der Waals surface area contributed by atoms with Gasteiger partial charge in [0, 0.05) is 20.0 Å². The van der Waals surface area contributed by atoms with Crippen molar-refractivity contribution in [1.82, 2.24) is 0 Å². The van der Waals surface area contributed by atoms with Crippen LogP contribution in [-0.4, -0.2) is 38.4 Å². The number of benzene rings is 2. The summed E-state index contributed by atoms with van der Waals surface area (Å²) in [6, 6.07) is 8.63. The van der Waals surface area contributed by atoms with Gasteiger partial charge < -0.3 is 18.9 Å². The van der Waals surface area contributed by atoms with Gasteiger partial charge in [0.25, 0.3) is 0 Å². The van der Waals surface area contributed by atoms with E-state index in [9.17, 15) is 9.59 Å². The lowest BCUT2D eigenvalue weighted by Crippen LogP contribution is -2.05. The van der Waals surface area contributed by atoms with Gasteiger partial charge in [-0.3, -0.25) is 9.59 Å². The number of rotatable bonds is 32. The van der Waals surface area contributed by atoms with Crippen LogP contribution in [0.25, 0.3) is 0 Å². The molecule has 0 aliphatic heterocycles. The quantitative estimate of drug-likeness (QED) is 0.0315. The number of halogens is 6. The maximum atomic E-state index is 12.0. The van der Waals surface area contributed by atoms with Crippen LogP contribution >= 0.6 is 136 Å². The van der Waals surface area contributed by atoms with Gasteiger partial charge in [0.05, 0.1) is 27.5 Å². The highest BCUT2D eigenvalue weighted by molar-refractivity contribution is 14.1. The molecule has 0 saturated heterocycles. The van der Waals surface area contributed by atoms with E-state index in [2.05, 4.69) is 160 Å². The lowest BCUT2D eigenvalue weighted by molar-refractivity contribution is -0.143. The van der Waals surface area contributed by atoms with Crippen LogP contribution < -0.4 is 9.47 Å². The van der Waals surface area contributed by atoms with Crippen LogP contribution in [0.4, 0.5) is 0 Å². The van der Waals surface area contributed by atoms with Gasteiger partial charge in [-0.2, -0.15) is 0 Å². The molecule has 0 radical (unpaired) electrons. The van der Waals surface area contributed by atoms with Crippen molar-refractivity contribution in [3.05, 3.63) is 57.8 Å². The third kappa shape index (κ3) is 26.3. The largest absolute Gasteiger partial charge is 0.491 e. The molecule has 6 nitrogen and oxygen atoms in total. The Morgan fingerprint density at radius 1 is 0.407 bits per heavy atom. The normalized spacial score (nSPS) is 11.3. The summed E-state index contributed by atoms with van der Waals surface area (Å²) in [7, 11) is 0. The number of esters is 2. The van der Waals surface area contributed by atoms with E-state index in [1.165, 1.54) is 105 Å². The Morgan fingerprint density at radius 2 is 0.667 bits per heavy atom. The molecule has 0 saturated carbocycles. The molecule has 304 valence electrons. The summed E-state index contributed by atoms with van der Waals surface area (Å²) in [5, 5.41) is 0. The summed E-state index contributed by atoms with van der Waals surface area (Å²) >= 11 is 14.1. The van der Waals surface area contributed by atoms with E-state index in [1.807, 2.05) is 0 Å². The van der Waals surface area contributed by atoms with Gasteiger partial charge in [-0.05, 0) is 198 Å². The molecule has 0 aromatic heterocycles. The van der Waals surface area contributed by atoms with E-state index in [1.54, 1.807) is 12.2 Å². The monoisotopic (exact) mass is 1420 g/mol. The molecule has 54 heavy (non-hydrogen) atoms. The predicted molar refractivity (Wildman–Crippen MR) is 273 cm³/mol. The minimum absolute atomic E-state index is 0.154. The van der Waals surface area contributed by atoms with Gasteiger partial charge in [-0.1, -0.05) is 103 Å². The standard InChI is InChI=1S/C42H58I6O6/c43-33-29-35(45)41(36(46)30-33)53-27-19-15-11-7-4-2-1-3-5-9-13-17-23-39(49)51-25-21-22-26-52-40(50)24-18-14-10-6-8-12-16-20-28-54-42-37(47)31-34(44)32-38(42)48/h21-22,29-32H,1-20,23-28H2/b22-21-. The first-order valence-electron chi connectivity index (χ1n) is 19.7. The van der Waals surface area contributed by atoms with Gasteiger partial charge in [-0.15, -0.1) is 0 Å². The van der Waals surface area contributed by atoms with Gasteiger partial charge in [0.15, 0.2) is 0 Å². The van der Waals surface area contributed by atoms with E-state index >= 15 is 0 Å². The van der Waals surface area contributed by atoms with Crippen molar-refractivity contribution < 1.29 is 28.5 Å². The first kappa shape index (κ1) is 51.2. The van der Waals surface area contributed by atoms with Gasteiger partial charge in [0.2, 0.25) is 0 Å². The highest BCUT2D eigenvalue weighted by Crippen LogP contribution is 2.31. The van der Waals surface area contributed by atoms with Crippen molar-refractivity contribution in [2.24, 2.45) is 0 Å². The topological polar surface area (TPSA) is 71.1 Å². The summed E-state index contributed by atoms with van der Waals surface area (Å²) in [5.41, 5.74) is 0. The molecule has 12 heteroatoms. The molecular weight excluding hydrogens is 1360 g/mol. The fourth-order valence-electron chi connectivity index (χ4n) is 5.82. The number of hydrogen-bond acceptors (Lipinski definition) is 6. The molecule has 0 spiro atoms. The van der Waals surface area contributed by atoms with Crippen LogP contribution in [0, 0.1) is 21.4 Å². The molecule has 0 atom stereocenters. The summed E-state index contributed by atoms with van der Waals surface area (Å²) < 4.78 is 29.9. The van der Waals surface area contributed by atoms with E-state index in [-0.39, 0.29) is 25.2 Å². The van der Waals surface area contributed by atoms with Crippen molar-refractivity contribution in [3.8, 4) is 11.5 Å². The Labute approximate surface area is 407 Å². The summed E-state index contributed by atoms with van der Waals surface area (Å²) in [6.45, 7) is 2.03. The van der Waals surface area contributed by atoms with Crippen LogP contribution in [0.1, 0.15) is 141 Å². The average Bonchev–Trinajstić information content (AvgIpc) is 3.12. The molecule has 0 N–H and O–H groups in total. The van der Waals surface area contributed by atoms with Crippen molar-refractivity contribution in [2.75, 3.05) is 26.4 Å². The van der Waals surface area contributed by atoms with Gasteiger partial charge in [0.1, 0.15) is 24.7 Å². The van der Waals surface area contributed by atoms with E-state index in [0.717, 1.165) is 69.7 Å². The second kappa shape index (κ2) is 33.9. The third-order valence-electron chi connectivity index (χ3n) is 8.82. The number of ether oxygens (including phenoxy) is 4. The lowest BCUT2D eigenvalue weighted by atomic mass is 10.0. The lowest BCUT2D eigenvalue weighted by Gasteiger charge is -2.11. The van der Waals surface area contributed by atoms with Crippen LogP contribution in [0.2, 0.25) is 0 Å². The molecule has 0 aliphatic carbocycles. The number of unbranched alkanes of at least 4 members (excludes halogenated alkanes) is 18. The predicted octanol–water partition coefficient (Wildman–Crippen LogP) is 15.0. The minimum Gasteiger partial charge on any atom is -0.491 e. The maximum absolute atomic E-state index is 12.0. The average molecular weight is 1420 g/mol. The van der Waals surface area contributed by atoms with Crippen molar-refractivity contribution in [1.29, 1.82) is 0 Å². The molecule has 0 fully saturated rings. The minimum atomic E-state index is -0.162.